The summed E-state index contributed by atoms with van der Waals surface area (Å²) >= 11 is 0. The minimum Gasteiger partial charge on any atom is -0.374 e. The van der Waals surface area contributed by atoms with Gasteiger partial charge in [0.05, 0.1) is 12.3 Å². The third-order valence-corrected chi connectivity index (χ3v) is 9.59. The molecule has 3 aromatic rings. The summed E-state index contributed by atoms with van der Waals surface area (Å²) in [5.41, 5.74) is 0. The van der Waals surface area contributed by atoms with Crippen molar-refractivity contribution in [2.45, 2.75) is 18.9 Å². The molecular formula is C23H25BrOP+. The van der Waals surface area contributed by atoms with Crippen molar-refractivity contribution in [2.75, 3.05) is 12.8 Å². The van der Waals surface area contributed by atoms with E-state index in [4.69, 9.17) is 4.74 Å². The van der Waals surface area contributed by atoms with E-state index in [1.54, 1.807) is 0 Å². The van der Waals surface area contributed by atoms with E-state index in [2.05, 4.69) is 91.0 Å². The van der Waals surface area contributed by atoms with Gasteiger partial charge in [-0.05, 0) is 49.2 Å². The van der Waals surface area contributed by atoms with Crippen LogP contribution in [0.3, 0.4) is 0 Å². The molecule has 1 fully saturated rings. The second-order valence-electron chi connectivity index (χ2n) is 6.63. The summed E-state index contributed by atoms with van der Waals surface area (Å²) in [6.07, 6.45) is 3.80. The number of ether oxygens (including phenoxy) is 1. The standard InChI is InChI=1S/C23H24OP.BrH/c1-4-12-21(13-5-1)25(19-20-11-10-18-24-20,22-14-6-2-7-15-22)23-16-8-3-9-17-23;/h1-9,12-17,20H,10-11,18-19H2;1H/q+1;. The highest BCUT2D eigenvalue weighted by molar-refractivity contribution is 8.93. The van der Waals surface area contributed by atoms with Gasteiger partial charge in [0.15, 0.2) is 0 Å². The largest absolute Gasteiger partial charge is 0.374 e. The van der Waals surface area contributed by atoms with Crippen LogP contribution in [-0.4, -0.2) is 18.9 Å². The highest BCUT2D eigenvalue weighted by Gasteiger charge is 2.47. The molecule has 0 spiro atoms. The van der Waals surface area contributed by atoms with Crippen LogP contribution in [-0.2, 0) is 4.74 Å². The molecule has 26 heavy (non-hydrogen) atoms. The average Bonchev–Trinajstić information content (AvgIpc) is 3.21. The lowest BCUT2D eigenvalue weighted by molar-refractivity contribution is 0.128. The molecule has 4 rings (SSSR count). The second kappa shape index (κ2) is 8.95. The van der Waals surface area contributed by atoms with Gasteiger partial charge in [-0.15, -0.1) is 17.0 Å². The Balaban J connectivity index is 0.00000196. The number of hydrogen-bond acceptors (Lipinski definition) is 1. The number of benzene rings is 3. The van der Waals surface area contributed by atoms with E-state index in [1.165, 1.54) is 28.8 Å². The minimum absolute atomic E-state index is 0. The maximum absolute atomic E-state index is 6.10. The lowest BCUT2D eigenvalue weighted by Crippen LogP contribution is -2.36. The van der Waals surface area contributed by atoms with Gasteiger partial charge in [0.2, 0.25) is 0 Å². The zero-order valence-electron chi connectivity index (χ0n) is 14.8. The maximum atomic E-state index is 6.10. The zero-order chi connectivity index (χ0) is 17.0. The highest BCUT2D eigenvalue weighted by Crippen LogP contribution is 2.56. The maximum Gasteiger partial charge on any atom is 0.114 e. The fraction of sp³-hybridized carbons (Fsp3) is 0.217. The summed E-state index contributed by atoms with van der Waals surface area (Å²) in [6.45, 7) is 0.906. The van der Waals surface area contributed by atoms with Crippen molar-refractivity contribution in [2.24, 2.45) is 0 Å². The van der Waals surface area contributed by atoms with E-state index < -0.39 is 7.26 Å². The molecule has 0 amide bonds. The van der Waals surface area contributed by atoms with Crippen molar-refractivity contribution in [3.05, 3.63) is 91.0 Å². The number of rotatable bonds is 5. The van der Waals surface area contributed by atoms with Gasteiger partial charge in [-0.1, -0.05) is 54.6 Å². The van der Waals surface area contributed by atoms with Gasteiger partial charge < -0.3 is 4.74 Å². The Morgan fingerprint density at radius 1 is 0.692 bits per heavy atom. The molecule has 1 nitrogen and oxygen atoms in total. The fourth-order valence-corrected chi connectivity index (χ4v) is 8.37. The van der Waals surface area contributed by atoms with E-state index in [0.29, 0.717) is 6.10 Å². The molecule has 1 aliphatic heterocycles. The minimum atomic E-state index is -1.73. The van der Waals surface area contributed by atoms with Crippen LogP contribution in [0.2, 0.25) is 0 Å². The van der Waals surface area contributed by atoms with Gasteiger partial charge in [0, 0.05) is 6.61 Å². The predicted octanol–water partition coefficient (Wildman–Crippen LogP) is 4.74. The molecule has 1 atom stereocenters. The first-order valence-electron chi connectivity index (χ1n) is 9.06. The van der Waals surface area contributed by atoms with Crippen molar-refractivity contribution in [3.63, 3.8) is 0 Å². The monoisotopic (exact) mass is 427 g/mol. The Kier molecular flexibility index (Phi) is 6.64. The van der Waals surface area contributed by atoms with Gasteiger partial charge in [0.1, 0.15) is 23.2 Å². The summed E-state index contributed by atoms with van der Waals surface area (Å²) in [5.74, 6) is 0. The van der Waals surface area contributed by atoms with E-state index in [0.717, 1.165) is 12.8 Å². The van der Waals surface area contributed by atoms with E-state index in [1.807, 2.05) is 0 Å². The normalized spacial score (nSPS) is 16.8. The average molecular weight is 428 g/mol. The molecule has 0 saturated carbocycles. The summed E-state index contributed by atoms with van der Waals surface area (Å²) in [6, 6.07) is 33.2. The van der Waals surface area contributed by atoms with Gasteiger partial charge >= 0.3 is 0 Å². The SMILES string of the molecule is Br.c1ccc([P+](CC2CCCO2)(c2ccccc2)c2ccccc2)cc1. The summed E-state index contributed by atoms with van der Waals surface area (Å²) in [7, 11) is -1.73. The first-order chi connectivity index (χ1) is 12.4. The van der Waals surface area contributed by atoms with Crippen molar-refractivity contribution >= 4 is 40.2 Å². The summed E-state index contributed by atoms with van der Waals surface area (Å²) in [4.78, 5) is 0. The van der Waals surface area contributed by atoms with Crippen LogP contribution < -0.4 is 15.9 Å². The molecule has 0 aromatic heterocycles. The van der Waals surface area contributed by atoms with Crippen LogP contribution in [0.1, 0.15) is 12.8 Å². The molecule has 1 unspecified atom stereocenters. The Hall–Kier alpha value is -1.47. The molecule has 3 heteroatoms. The van der Waals surface area contributed by atoms with Gasteiger partial charge in [-0.3, -0.25) is 0 Å². The first-order valence-corrected chi connectivity index (χ1v) is 11.0. The zero-order valence-corrected chi connectivity index (χ0v) is 17.4. The smallest absolute Gasteiger partial charge is 0.114 e. The number of hydrogen-bond donors (Lipinski definition) is 0. The molecule has 1 aliphatic rings. The molecule has 1 heterocycles. The summed E-state index contributed by atoms with van der Waals surface area (Å²) < 4.78 is 6.10. The van der Waals surface area contributed by atoms with Crippen molar-refractivity contribution in [1.82, 2.24) is 0 Å². The van der Waals surface area contributed by atoms with E-state index in [9.17, 15) is 0 Å². The van der Waals surface area contributed by atoms with Crippen LogP contribution in [0, 0.1) is 0 Å². The van der Waals surface area contributed by atoms with Gasteiger partial charge in [-0.25, -0.2) is 0 Å². The molecule has 3 aromatic carbocycles. The topological polar surface area (TPSA) is 9.23 Å². The lowest BCUT2D eigenvalue weighted by atomic mass is 10.3. The third kappa shape index (κ3) is 3.78. The van der Waals surface area contributed by atoms with Crippen LogP contribution >= 0.6 is 24.2 Å². The van der Waals surface area contributed by atoms with Crippen molar-refractivity contribution in [3.8, 4) is 0 Å². The van der Waals surface area contributed by atoms with Crippen LogP contribution in [0.4, 0.5) is 0 Å². The van der Waals surface area contributed by atoms with Crippen LogP contribution in [0.15, 0.2) is 91.0 Å². The van der Waals surface area contributed by atoms with Crippen LogP contribution in [0.25, 0.3) is 0 Å². The Morgan fingerprint density at radius 2 is 1.12 bits per heavy atom. The fourth-order valence-electron chi connectivity index (χ4n) is 3.90. The van der Waals surface area contributed by atoms with Crippen LogP contribution in [0.5, 0.6) is 0 Å². The van der Waals surface area contributed by atoms with Crippen molar-refractivity contribution in [1.29, 1.82) is 0 Å². The Morgan fingerprint density at radius 3 is 1.46 bits per heavy atom. The quantitative estimate of drug-likeness (QED) is 0.534. The van der Waals surface area contributed by atoms with E-state index in [-0.39, 0.29) is 17.0 Å². The molecule has 134 valence electrons. The highest BCUT2D eigenvalue weighted by atomic mass is 79.9. The van der Waals surface area contributed by atoms with Gasteiger partial charge in [0.25, 0.3) is 0 Å². The Labute approximate surface area is 167 Å². The predicted molar refractivity (Wildman–Crippen MR) is 119 cm³/mol. The van der Waals surface area contributed by atoms with Crippen molar-refractivity contribution < 1.29 is 4.74 Å². The lowest BCUT2D eigenvalue weighted by Gasteiger charge is -2.29. The van der Waals surface area contributed by atoms with E-state index >= 15 is 0 Å². The molecule has 1 saturated heterocycles. The summed E-state index contributed by atoms with van der Waals surface area (Å²) in [5, 5.41) is 4.34. The Bertz CT molecular complexity index is 690. The number of halogens is 1. The second-order valence-corrected chi connectivity index (χ2v) is 10.2. The van der Waals surface area contributed by atoms with Gasteiger partial charge in [-0.2, -0.15) is 0 Å². The molecule has 0 N–H and O–H groups in total. The first kappa shape index (κ1) is 19.3. The molecule has 0 bridgehead atoms. The molecule has 0 radical (unpaired) electrons. The molecular weight excluding hydrogens is 403 g/mol. The third-order valence-electron chi connectivity index (χ3n) is 5.09. The molecule has 0 aliphatic carbocycles.